The van der Waals surface area contributed by atoms with Gasteiger partial charge < -0.3 is 15.2 Å². The Balaban J connectivity index is 2.12. The molecule has 7 heteroatoms. The smallest absolute Gasteiger partial charge is 0.392 e. The van der Waals surface area contributed by atoms with Gasteiger partial charge in [0.2, 0.25) is 0 Å². The maximum atomic E-state index is 13.2. The molecule has 1 aromatic rings. The quantitative estimate of drug-likeness (QED) is 0.836. The first-order valence-corrected chi connectivity index (χ1v) is 7.89. The number of rotatable bonds is 1. The van der Waals surface area contributed by atoms with Gasteiger partial charge in [-0.1, -0.05) is 0 Å². The zero-order chi connectivity index (χ0) is 15.3. The van der Waals surface area contributed by atoms with Crippen molar-refractivity contribution in [2.45, 2.75) is 50.6 Å². The number of ether oxygens (including phenoxy) is 1. The summed E-state index contributed by atoms with van der Waals surface area (Å²) < 4.78 is 45.6. The average molecular weight is 321 g/mol. The number of aliphatic hydroxyl groups excluding tert-OH is 1. The Morgan fingerprint density at radius 1 is 1.48 bits per heavy atom. The van der Waals surface area contributed by atoms with E-state index in [4.69, 9.17) is 4.74 Å². The zero-order valence-corrected chi connectivity index (χ0v) is 12.5. The minimum atomic E-state index is -4.42. The van der Waals surface area contributed by atoms with Gasteiger partial charge in [-0.05, 0) is 38.3 Å². The van der Waals surface area contributed by atoms with Crippen molar-refractivity contribution in [1.82, 2.24) is 5.32 Å². The molecule has 2 atom stereocenters. The van der Waals surface area contributed by atoms with Crippen LogP contribution in [0.4, 0.5) is 13.2 Å². The summed E-state index contributed by atoms with van der Waals surface area (Å²) >= 11 is 0.763. The first-order valence-electron chi connectivity index (χ1n) is 7.08. The Morgan fingerprint density at radius 3 is 2.86 bits per heavy atom. The molecule has 0 aromatic carbocycles. The lowest BCUT2D eigenvalue weighted by Crippen LogP contribution is -2.48. The molecule has 0 amide bonds. The molecule has 1 spiro atoms. The Hall–Kier alpha value is -0.630. The monoisotopic (exact) mass is 321 g/mol. The molecule has 0 radical (unpaired) electrons. The molecule has 0 saturated carbocycles. The van der Waals surface area contributed by atoms with Crippen molar-refractivity contribution in [3.63, 3.8) is 0 Å². The van der Waals surface area contributed by atoms with Gasteiger partial charge in [0.05, 0.1) is 13.2 Å². The fourth-order valence-corrected chi connectivity index (χ4v) is 4.88. The molecule has 2 aliphatic rings. The SMILES string of the molecule is C[C@H]1C[C@@]2(CCN1)OCCc1c2sc(C(F)(F)F)c1CO. The highest BCUT2D eigenvalue weighted by Crippen LogP contribution is 2.50. The van der Waals surface area contributed by atoms with Crippen molar-refractivity contribution in [1.29, 1.82) is 0 Å². The van der Waals surface area contributed by atoms with Crippen molar-refractivity contribution >= 4 is 11.3 Å². The predicted octanol–water partition coefficient (Wildman–Crippen LogP) is 2.80. The number of fused-ring (bicyclic) bond motifs is 2. The molecular formula is C14H18F3NO2S. The van der Waals surface area contributed by atoms with Crippen LogP contribution in [0.2, 0.25) is 0 Å². The van der Waals surface area contributed by atoms with Gasteiger partial charge in [0, 0.05) is 16.5 Å². The lowest BCUT2D eigenvalue weighted by molar-refractivity contribution is -0.135. The Labute approximate surface area is 125 Å². The number of alkyl halides is 3. The molecule has 0 unspecified atom stereocenters. The summed E-state index contributed by atoms with van der Waals surface area (Å²) in [5.74, 6) is 0. The van der Waals surface area contributed by atoms with E-state index in [0.717, 1.165) is 17.9 Å². The second-order valence-electron chi connectivity index (χ2n) is 5.78. The van der Waals surface area contributed by atoms with E-state index in [9.17, 15) is 18.3 Å². The molecule has 0 aliphatic carbocycles. The maximum absolute atomic E-state index is 13.2. The molecule has 3 nitrogen and oxygen atoms in total. The molecule has 1 aromatic heterocycles. The van der Waals surface area contributed by atoms with Crippen LogP contribution in [0.5, 0.6) is 0 Å². The summed E-state index contributed by atoms with van der Waals surface area (Å²) in [5.41, 5.74) is 0.0996. The van der Waals surface area contributed by atoms with E-state index in [2.05, 4.69) is 5.32 Å². The van der Waals surface area contributed by atoms with Crippen molar-refractivity contribution < 1.29 is 23.0 Å². The minimum absolute atomic E-state index is 0.0522. The van der Waals surface area contributed by atoms with Crippen molar-refractivity contribution in [2.24, 2.45) is 0 Å². The third kappa shape index (κ3) is 2.50. The van der Waals surface area contributed by atoms with Crippen molar-refractivity contribution in [2.75, 3.05) is 13.2 Å². The average Bonchev–Trinajstić information content (AvgIpc) is 2.79. The van der Waals surface area contributed by atoms with E-state index >= 15 is 0 Å². The first kappa shape index (κ1) is 15.3. The van der Waals surface area contributed by atoms with E-state index in [0.29, 0.717) is 36.3 Å². The number of aliphatic hydroxyl groups is 1. The fourth-order valence-electron chi connectivity index (χ4n) is 3.47. The van der Waals surface area contributed by atoms with Crippen LogP contribution in [0.25, 0.3) is 0 Å². The van der Waals surface area contributed by atoms with Crippen molar-refractivity contribution in [3.8, 4) is 0 Å². The fraction of sp³-hybridized carbons (Fsp3) is 0.714. The van der Waals surface area contributed by atoms with Crippen LogP contribution in [0.1, 0.15) is 40.6 Å². The van der Waals surface area contributed by atoms with Crippen molar-refractivity contribution in [3.05, 3.63) is 20.9 Å². The van der Waals surface area contributed by atoms with Crippen LogP contribution in [0.15, 0.2) is 0 Å². The summed E-state index contributed by atoms with van der Waals surface area (Å²) in [5, 5.41) is 12.7. The highest BCUT2D eigenvalue weighted by atomic mass is 32.1. The van der Waals surface area contributed by atoms with Gasteiger partial charge in [-0.3, -0.25) is 0 Å². The molecule has 3 rings (SSSR count). The third-order valence-electron chi connectivity index (χ3n) is 4.33. The Bertz CT molecular complexity index is 543. The topological polar surface area (TPSA) is 41.5 Å². The normalized spacial score (nSPS) is 29.7. The number of hydrogen-bond acceptors (Lipinski definition) is 4. The molecule has 0 bridgehead atoms. The number of halogens is 3. The molecule has 1 saturated heterocycles. The van der Waals surface area contributed by atoms with Gasteiger partial charge in [-0.25, -0.2) is 0 Å². The number of nitrogens with one attached hydrogen (secondary N) is 1. The second-order valence-corrected chi connectivity index (χ2v) is 6.80. The summed E-state index contributed by atoms with van der Waals surface area (Å²) in [7, 11) is 0. The highest BCUT2D eigenvalue weighted by molar-refractivity contribution is 7.12. The molecule has 118 valence electrons. The number of hydrogen-bond donors (Lipinski definition) is 2. The largest absolute Gasteiger partial charge is 0.425 e. The molecule has 2 N–H and O–H groups in total. The Kier molecular flexibility index (Phi) is 3.80. The molecular weight excluding hydrogens is 303 g/mol. The predicted molar refractivity (Wildman–Crippen MR) is 73.3 cm³/mol. The maximum Gasteiger partial charge on any atom is 0.425 e. The first-order chi connectivity index (χ1) is 9.87. The van der Waals surface area contributed by atoms with Gasteiger partial charge in [0.1, 0.15) is 10.5 Å². The number of thiophene rings is 1. The zero-order valence-electron chi connectivity index (χ0n) is 11.7. The molecule has 1 fully saturated rings. The van der Waals surface area contributed by atoms with Gasteiger partial charge in [0.25, 0.3) is 0 Å². The summed E-state index contributed by atoms with van der Waals surface area (Å²) in [6.07, 6.45) is -2.63. The van der Waals surface area contributed by atoms with E-state index in [1.807, 2.05) is 6.92 Å². The standard InChI is InChI=1S/C14H18F3NO2S/c1-8-6-13(3-4-18-8)11-9(2-5-20-13)10(7-19)12(21-11)14(15,16)17/h8,18-19H,2-7H2,1H3/t8-,13+/m0/s1. The van der Waals surface area contributed by atoms with Gasteiger partial charge in [0.15, 0.2) is 0 Å². The lowest BCUT2D eigenvalue weighted by atomic mass is 9.82. The Morgan fingerprint density at radius 2 is 2.24 bits per heavy atom. The lowest BCUT2D eigenvalue weighted by Gasteiger charge is -2.43. The van der Waals surface area contributed by atoms with E-state index in [1.54, 1.807) is 0 Å². The van der Waals surface area contributed by atoms with E-state index in [1.165, 1.54) is 0 Å². The van der Waals surface area contributed by atoms with Crippen LogP contribution in [-0.2, 0) is 29.5 Å². The second kappa shape index (κ2) is 5.22. The summed E-state index contributed by atoms with van der Waals surface area (Å²) in [6.45, 7) is 2.60. The number of piperidine rings is 1. The van der Waals surface area contributed by atoms with Crippen LogP contribution in [0.3, 0.4) is 0 Å². The summed E-state index contributed by atoms with van der Waals surface area (Å²) in [6, 6.07) is 0.207. The van der Waals surface area contributed by atoms with Gasteiger partial charge >= 0.3 is 6.18 Å². The van der Waals surface area contributed by atoms with Crippen LogP contribution in [0, 0.1) is 0 Å². The van der Waals surface area contributed by atoms with Crippen LogP contribution in [-0.4, -0.2) is 24.3 Å². The third-order valence-corrected chi connectivity index (χ3v) is 5.84. The molecule has 3 heterocycles. The van der Waals surface area contributed by atoms with E-state index < -0.39 is 23.3 Å². The summed E-state index contributed by atoms with van der Waals surface area (Å²) in [4.78, 5) is 0.0181. The van der Waals surface area contributed by atoms with Crippen LogP contribution >= 0.6 is 11.3 Å². The molecule has 21 heavy (non-hydrogen) atoms. The minimum Gasteiger partial charge on any atom is -0.392 e. The van der Waals surface area contributed by atoms with Gasteiger partial charge in [-0.15, -0.1) is 11.3 Å². The van der Waals surface area contributed by atoms with Gasteiger partial charge in [-0.2, -0.15) is 13.2 Å². The van der Waals surface area contributed by atoms with Crippen LogP contribution < -0.4 is 5.32 Å². The van der Waals surface area contributed by atoms with E-state index in [-0.39, 0.29) is 11.6 Å². The molecule has 2 aliphatic heterocycles. The highest BCUT2D eigenvalue weighted by Gasteiger charge is 2.47.